The van der Waals surface area contributed by atoms with E-state index in [-0.39, 0.29) is 18.6 Å². The standard InChI is InChI=1S/C14H24F3N3O/c1-10-5-11(2)7-20(6-10)13(21)18-12-3-4-19(8-12)9-14(15,16)17/h10-12H,3-9H2,1-2H3,(H,18,21). The lowest BCUT2D eigenvalue weighted by atomic mass is 9.92. The Morgan fingerprint density at radius 2 is 1.81 bits per heavy atom. The van der Waals surface area contributed by atoms with Gasteiger partial charge in [-0.2, -0.15) is 13.2 Å². The van der Waals surface area contributed by atoms with E-state index in [0.29, 0.717) is 24.8 Å². The first-order valence-corrected chi connectivity index (χ1v) is 7.57. The number of nitrogens with zero attached hydrogens (tertiary/aromatic N) is 2. The number of carbonyl (C=O) groups excluding carboxylic acids is 1. The molecule has 0 aliphatic carbocycles. The average molecular weight is 307 g/mol. The van der Waals surface area contributed by atoms with Crippen LogP contribution in [-0.2, 0) is 0 Å². The van der Waals surface area contributed by atoms with Gasteiger partial charge in [-0.1, -0.05) is 13.8 Å². The molecule has 2 saturated heterocycles. The van der Waals surface area contributed by atoms with E-state index in [2.05, 4.69) is 19.2 Å². The van der Waals surface area contributed by atoms with Crippen LogP contribution >= 0.6 is 0 Å². The van der Waals surface area contributed by atoms with Crippen molar-refractivity contribution in [3.63, 3.8) is 0 Å². The molecule has 0 aromatic heterocycles. The molecule has 2 heterocycles. The Hall–Kier alpha value is -0.980. The fraction of sp³-hybridized carbons (Fsp3) is 0.929. The number of likely N-dealkylation sites (tertiary alicyclic amines) is 2. The minimum Gasteiger partial charge on any atom is -0.334 e. The first-order valence-electron chi connectivity index (χ1n) is 7.57. The van der Waals surface area contributed by atoms with Gasteiger partial charge in [-0.3, -0.25) is 4.90 Å². The summed E-state index contributed by atoms with van der Waals surface area (Å²) in [5.74, 6) is 0.953. The molecule has 2 aliphatic rings. The van der Waals surface area contributed by atoms with Crippen LogP contribution in [0.1, 0.15) is 26.7 Å². The summed E-state index contributed by atoms with van der Waals surface area (Å²) in [5, 5.41) is 2.88. The molecular formula is C14H24F3N3O. The van der Waals surface area contributed by atoms with Crippen LogP contribution in [0.25, 0.3) is 0 Å². The number of halogens is 3. The van der Waals surface area contributed by atoms with Crippen LogP contribution in [-0.4, -0.2) is 60.8 Å². The summed E-state index contributed by atoms with van der Waals surface area (Å²) in [6.45, 7) is 5.48. The third-order valence-electron chi connectivity index (χ3n) is 4.16. The van der Waals surface area contributed by atoms with E-state index in [0.717, 1.165) is 19.5 Å². The molecule has 0 aromatic carbocycles. The maximum Gasteiger partial charge on any atom is 0.401 e. The van der Waals surface area contributed by atoms with Crippen molar-refractivity contribution >= 4 is 6.03 Å². The van der Waals surface area contributed by atoms with Gasteiger partial charge in [-0.05, 0) is 24.7 Å². The molecule has 7 heteroatoms. The summed E-state index contributed by atoms with van der Waals surface area (Å²) < 4.78 is 37.0. The summed E-state index contributed by atoms with van der Waals surface area (Å²) in [6, 6.07) is -0.306. The smallest absolute Gasteiger partial charge is 0.334 e. The van der Waals surface area contributed by atoms with E-state index < -0.39 is 12.7 Å². The Morgan fingerprint density at radius 1 is 1.19 bits per heavy atom. The molecule has 122 valence electrons. The summed E-state index contributed by atoms with van der Waals surface area (Å²) in [6.07, 6.45) is -2.47. The molecule has 21 heavy (non-hydrogen) atoms. The number of nitrogens with one attached hydrogen (secondary N) is 1. The molecule has 0 saturated carbocycles. The molecule has 3 unspecified atom stereocenters. The number of amides is 2. The van der Waals surface area contributed by atoms with Gasteiger partial charge in [0.2, 0.25) is 0 Å². The number of hydrogen-bond donors (Lipinski definition) is 1. The van der Waals surface area contributed by atoms with Gasteiger partial charge in [0.15, 0.2) is 0 Å². The molecule has 2 aliphatic heterocycles. The largest absolute Gasteiger partial charge is 0.401 e. The van der Waals surface area contributed by atoms with Gasteiger partial charge in [0.1, 0.15) is 0 Å². The number of piperidine rings is 1. The molecule has 0 aromatic rings. The fourth-order valence-electron chi connectivity index (χ4n) is 3.44. The van der Waals surface area contributed by atoms with Gasteiger partial charge < -0.3 is 10.2 Å². The molecule has 0 spiro atoms. The summed E-state index contributed by atoms with van der Waals surface area (Å²) in [7, 11) is 0. The minimum absolute atomic E-state index is 0.132. The van der Waals surface area contributed by atoms with Crippen LogP contribution in [0.15, 0.2) is 0 Å². The van der Waals surface area contributed by atoms with E-state index in [1.165, 1.54) is 4.90 Å². The van der Waals surface area contributed by atoms with Crippen molar-refractivity contribution in [2.45, 2.75) is 38.9 Å². The third kappa shape index (κ3) is 5.05. The van der Waals surface area contributed by atoms with Crippen molar-refractivity contribution in [3.8, 4) is 0 Å². The van der Waals surface area contributed by atoms with Gasteiger partial charge in [0.25, 0.3) is 0 Å². The van der Waals surface area contributed by atoms with Crippen molar-refractivity contribution < 1.29 is 18.0 Å². The van der Waals surface area contributed by atoms with Crippen molar-refractivity contribution in [3.05, 3.63) is 0 Å². The van der Waals surface area contributed by atoms with Gasteiger partial charge in [0, 0.05) is 32.2 Å². The maximum atomic E-state index is 12.3. The Balaban J connectivity index is 1.78. The topological polar surface area (TPSA) is 35.6 Å². The Morgan fingerprint density at radius 3 is 2.38 bits per heavy atom. The fourth-order valence-corrected chi connectivity index (χ4v) is 3.44. The first kappa shape index (κ1) is 16.4. The lowest BCUT2D eigenvalue weighted by Crippen LogP contribution is -2.50. The highest BCUT2D eigenvalue weighted by molar-refractivity contribution is 5.74. The summed E-state index contributed by atoms with van der Waals surface area (Å²) in [4.78, 5) is 15.4. The molecule has 1 N–H and O–H groups in total. The quantitative estimate of drug-likeness (QED) is 0.850. The van der Waals surface area contributed by atoms with Gasteiger partial charge in [0.05, 0.1) is 6.54 Å². The lowest BCUT2D eigenvalue weighted by Gasteiger charge is -2.35. The highest BCUT2D eigenvalue weighted by atomic mass is 19.4. The van der Waals surface area contributed by atoms with Crippen molar-refractivity contribution in [2.75, 3.05) is 32.7 Å². The van der Waals surface area contributed by atoms with Crippen LogP contribution in [0.2, 0.25) is 0 Å². The predicted molar refractivity (Wildman–Crippen MR) is 73.9 cm³/mol. The zero-order valence-electron chi connectivity index (χ0n) is 12.6. The van der Waals surface area contributed by atoms with Crippen molar-refractivity contribution in [1.82, 2.24) is 15.1 Å². The Kier molecular flexibility index (Phi) is 5.01. The monoisotopic (exact) mass is 307 g/mol. The van der Waals surface area contributed by atoms with Gasteiger partial charge in [-0.25, -0.2) is 4.79 Å². The molecule has 4 nitrogen and oxygen atoms in total. The number of rotatable bonds is 2. The second-order valence-electron chi connectivity index (χ2n) is 6.64. The van der Waals surface area contributed by atoms with Crippen LogP contribution in [0.4, 0.5) is 18.0 Å². The second kappa shape index (κ2) is 6.42. The van der Waals surface area contributed by atoms with E-state index in [4.69, 9.17) is 0 Å². The van der Waals surface area contributed by atoms with E-state index >= 15 is 0 Å². The molecular weight excluding hydrogens is 283 g/mol. The molecule has 2 amide bonds. The zero-order chi connectivity index (χ0) is 15.6. The number of carbonyl (C=O) groups is 1. The van der Waals surface area contributed by atoms with Crippen LogP contribution in [0.5, 0.6) is 0 Å². The van der Waals surface area contributed by atoms with Gasteiger partial charge >= 0.3 is 12.2 Å². The van der Waals surface area contributed by atoms with E-state index in [1.54, 1.807) is 4.90 Å². The predicted octanol–water partition coefficient (Wildman–Crippen LogP) is 2.31. The first-order chi connectivity index (χ1) is 9.73. The molecule has 0 radical (unpaired) electrons. The number of urea groups is 1. The molecule has 3 atom stereocenters. The van der Waals surface area contributed by atoms with Crippen molar-refractivity contribution in [1.29, 1.82) is 0 Å². The van der Waals surface area contributed by atoms with Gasteiger partial charge in [-0.15, -0.1) is 0 Å². The summed E-state index contributed by atoms with van der Waals surface area (Å²) >= 11 is 0. The van der Waals surface area contributed by atoms with Crippen LogP contribution in [0.3, 0.4) is 0 Å². The zero-order valence-corrected chi connectivity index (χ0v) is 12.6. The third-order valence-corrected chi connectivity index (χ3v) is 4.16. The van der Waals surface area contributed by atoms with Crippen LogP contribution in [0, 0.1) is 11.8 Å². The Labute approximate surface area is 123 Å². The SMILES string of the molecule is CC1CC(C)CN(C(=O)NC2CCN(CC(F)(F)F)C2)C1. The normalized spacial score (nSPS) is 31.5. The molecule has 2 rings (SSSR count). The second-order valence-corrected chi connectivity index (χ2v) is 6.64. The molecule has 2 fully saturated rings. The lowest BCUT2D eigenvalue weighted by molar-refractivity contribution is -0.143. The maximum absolute atomic E-state index is 12.3. The number of alkyl halides is 3. The van der Waals surface area contributed by atoms with Crippen LogP contribution < -0.4 is 5.32 Å². The minimum atomic E-state index is -4.17. The number of hydrogen-bond acceptors (Lipinski definition) is 2. The van der Waals surface area contributed by atoms with E-state index in [1.807, 2.05) is 0 Å². The summed E-state index contributed by atoms with van der Waals surface area (Å²) in [5.41, 5.74) is 0. The van der Waals surface area contributed by atoms with Crippen molar-refractivity contribution in [2.24, 2.45) is 11.8 Å². The Bertz CT molecular complexity index is 365. The molecule has 0 bridgehead atoms. The highest BCUT2D eigenvalue weighted by Crippen LogP contribution is 2.22. The van der Waals surface area contributed by atoms with E-state index in [9.17, 15) is 18.0 Å². The highest BCUT2D eigenvalue weighted by Gasteiger charge is 2.35. The average Bonchev–Trinajstić information content (AvgIpc) is 2.72.